The molecule has 0 radical (unpaired) electrons. The van der Waals surface area contributed by atoms with Crippen LogP contribution in [0.5, 0.6) is 0 Å². The summed E-state index contributed by atoms with van der Waals surface area (Å²) in [5.74, 6) is 1.12. The largest absolute Gasteiger partial charge is 0.367 e. The Balaban J connectivity index is 1.66. The van der Waals surface area contributed by atoms with Crippen LogP contribution in [0.25, 0.3) is 10.2 Å². The second-order valence-electron chi connectivity index (χ2n) is 6.13. The Morgan fingerprint density at radius 3 is 3.05 bits per heavy atom. The lowest BCUT2D eigenvalue weighted by molar-refractivity contribution is -0.120. The first-order chi connectivity index (χ1) is 10.8. The van der Waals surface area contributed by atoms with E-state index in [1.165, 1.54) is 35.1 Å². The van der Waals surface area contributed by atoms with E-state index in [2.05, 4.69) is 20.6 Å². The summed E-state index contributed by atoms with van der Waals surface area (Å²) in [4.78, 5) is 23.1. The van der Waals surface area contributed by atoms with Crippen LogP contribution < -0.4 is 10.6 Å². The van der Waals surface area contributed by atoms with E-state index in [0.717, 1.165) is 36.5 Å². The third-order valence-electron chi connectivity index (χ3n) is 4.63. The number of anilines is 1. The van der Waals surface area contributed by atoms with Gasteiger partial charge in [-0.25, -0.2) is 9.97 Å². The number of nitrogens with zero attached hydrogens (tertiary/aromatic N) is 2. The number of nitrogens with one attached hydrogen (secondary N) is 2. The van der Waals surface area contributed by atoms with E-state index in [4.69, 9.17) is 0 Å². The van der Waals surface area contributed by atoms with E-state index in [0.29, 0.717) is 12.5 Å². The van der Waals surface area contributed by atoms with Gasteiger partial charge in [0.05, 0.1) is 5.39 Å². The molecule has 4 rings (SSSR count). The van der Waals surface area contributed by atoms with Crippen LogP contribution in [-0.4, -0.2) is 28.5 Å². The smallest absolute Gasteiger partial charge is 0.220 e. The van der Waals surface area contributed by atoms with Crippen molar-refractivity contribution in [3.05, 3.63) is 16.8 Å². The van der Waals surface area contributed by atoms with Crippen LogP contribution in [0.15, 0.2) is 6.33 Å². The predicted octanol–water partition coefficient (Wildman–Crippen LogP) is 2.65. The Bertz CT molecular complexity index is 711. The topological polar surface area (TPSA) is 66.9 Å². The van der Waals surface area contributed by atoms with E-state index < -0.39 is 0 Å². The molecule has 3 heterocycles. The van der Waals surface area contributed by atoms with E-state index in [1.807, 2.05) is 11.3 Å². The number of carbonyl (C=O) groups excluding carboxylic acids is 1. The molecule has 1 amide bonds. The number of fused-ring (bicyclic) bond motifs is 3. The molecule has 2 aromatic heterocycles. The first kappa shape index (κ1) is 13.9. The van der Waals surface area contributed by atoms with Crippen molar-refractivity contribution in [2.75, 3.05) is 11.9 Å². The maximum atomic E-state index is 11.5. The summed E-state index contributed by atoms with van der Waals surface area (Å²) in [6.07, 6.45) is 8.93. The number of hydrogen-bond donors (Lipinski definition) is 2. The van der Waals surface area contributed by atoms with E-state index in [-0.39, 0.29) is 5.91 Å². The molecule has 5 nitrogen and oxygen atoms in total. The van der Waals surface area contributed by atoms with Gasteiger partial charge in [-0.2, -0.15) is 0 Å². The number of aromatic nitrogens is 2. The van der Waals surface area contributed by atoms with Gasteiger partial charge in [0.25, 0.3) is 0 Å². The summed E-state index contributed by atoms with van der Waals surface area (Å²) >= 11 is 1.82. The Morgan fingerprint density at radius 2 is 2.09 bits per heavy atom. The van der Waals surface area contributed by atoms with Gasteiger partial charge in [-0.3, -0.25) is 4.79 Å². The Labute approximate surface area is 133 Å². The molecule has 1 saturated heterocycles. The van der Waals surface area contributed by atoms with Crippen molar-refractivity contribution in [1.29, 1.82) is 0 Å². The number of rotatable bonds is 2. The maximum Gasteiger partial charge on any atom is 0.220 e. The number of hydrogen-bond acceptors (Lipinski definition) is 5. The third-order valence-corrected chi connectivity index (χ3v) is 5.83. The number of aryl methyl sites for hydroxylation is 2. The number of carbonyl (C=O) groups is 1. The minimum Gasteiger partial charge on any atom is -0.367 e. The Morgan fingerprint density at radius 1 is 1.18 bits per heavy atom. The van der Waals surface area contributed by atoms with Crippen LogP contribution in [-0.2, 0) is 17.6 Å². The highest BCUT2D eigenvalue weighted by Crippen LogP contribution is 2.38. The normalized spacial score (nSPS) is 22.0. The zero-order valence-electron chi connectivity index (χ0n) is 12.5. The summed E-state index contributed by atoms with van der Waals surface area (Å²) in [5, 5.41) is 7.74. The first-order valence-electron chi connectivity index (χ1n) is 8.10. The van der Waals surface area contributed by atoms with Crippen molar-refractivity contribution >= 4 is 33.3 Å². The van der Waals surface area contributed by atoms with Gasteiger partial charge in [-0.15, -0.1) is 11.3 Å². The fourth-order valence-corrected chi connectivity index (χ4v) is 4.69. The second-order valence-corrected chi connectivity index (χ2v) is 7.22. The van der Waals surface area contributed by atoms with Crippen LogP contribution in [0.1, 0.15) is 42.5 Å². The van der Waals surface area contributed by atoms with Crippen LogP contribution in [0, 0.1) is 0 Å². The van der Waals surface area contributed by atoms with Gasteiger partial charge < -0.3 is 10.6 Å². The predicted molar refractivity (Wildman–Crippen MR) is 88.3 cm³/mol. The highest BCUT2D eigenvalue weighted by Gasteiger charge is 2.22. The minimum atomic E-state index is 0.157. The van der Waals surface area contributed by atoms with Crippen LogP contribution >= 0.6 is 11.3 Å². The van der Waals surface area contributed by atoms with Crippen LogP contribution in [0.4, 0.5) is 5.82 Å². The van der Waals surface area contributed by atoms with E-state index >= 15 is 0 Å². The molecule has 116 valence electrons. The zero-order chi connectivity index (χ0) is 14.9. The molecule has 2 aromatic rings. The average Bonchev–Trinajstić information content (AvgIpc) is 2.80. The van der Waals surface area contributed by atoms with Gasteiger partial charge in [0.2, 0.25) is 5.91 Å². The van der Waals surface area contributed by atoms with Crippen molar-refractivity contribution in [2.45, 2.75) is 51.0 Å². The lowest BCUT2D eigenvalue weighted by Gasteiger charge is -2.18. The van der Waals surface area contributed by atoms with Gasteiger partial charge >= 0.3 is 0 Å². The molecule has 6 heteroatoms. The molecule has 0 aromatic carbocycles. The molecule has 1 fully saturated rings. The summed E-state index contributed by atoms with van der Waals surface area (Å²) in [7, 11) is 0. The summed E-state index contributed by atoms with van der Waals surface area (Å²) < 4.78 is 0. The monoisotopic (exact) mass is 316 g/mol. The fraction of sp³-hybridized carbons (Fsp3) is 0.562. The lowest BCUT2D eigenvalue weighted by Crippen LogP contribution is -2.23. The molecule has 1 aliphatic carbocycles. The van der Waals surface area contributed by atoms with Gasteiger partial charge in [-0.05, 0) is 44.1 Å². The summed E-state index contributed by atoms with van der Waals surface area (Å²) in [6, 6.07) is 0.302. The number of amides is 1. The van der Waals surface area contributed by atoms with Crippen molar-refractivity contribution in [2.24, 2.45) is 0 Å². The standard InChI is InChI=1S/C16H20N4OS/c21-13-6-5-10(7-8-17-13)20-15-14-11-3-1-2-4-12(11)22-16(14)19-9-18-15/h9-10H,1-8H2,(H,17,21)(H,18,19,20). The molecule has 2 N–H and O–H groups in total. The van der Waals surface area contributed by atoms with Crippen molar-refractivity contribution in [3.8, 4) is 0 Å². The average molecular weight is 316 g/mol. The van der Waals surface area contributed by atoms with E-state index in [1.54, 1.807) is 6.33 Å². The van der Waals surface area contributed by atoms with Crippen molar-refractivity contribution in [1.82, 2.24) is 15.3 Å². The summed E-state index contributed by atoms with van der Waals surface area (Å²) in [5.41, 5.74) is 1.46. The van der Waals surface area contributed by atoms with Crippen molar-refractivity contribution in [3.63, 3.8) is 0 Å². The van der Waals surface area contributed by atoms with Gasteiger partial charge in [0, 0.05) is 23.9 Å². The molecular formula is C16H20N4OS. The number of thiophene rings is 1. The van der Waals surface area contributed by atoms with Gasteiger partial charge in [-0.1, -0.05) is 0 Å². The fourth-order valence-electron chi connectivity index (χ4n) is 3.46. The van der Waals surface area contributed by atoms with Crippen LogP contribution in [0.3, 0.4) is 0 Å². The quantitative estimate of drug-likeness (QED) is 0.894. The molecule has 2 aliphatic rings. The van der Waals surface area contributed by atoms with Gasteiger partial charge in [0.15, 0.2) is 0 Å². The highest BCUT2D eigenvalue weighted by atomic mass is 32.1. The Hall–Kier alpha value is -1.69. The molecule has 1 unspecified atom stereocenters. The molecular weight excluding hydrogens is 296 g/mol. The highest BCUT2D eigenvalue weighted by molar-refractivity contribution is 7.19. The first-order valence-corrected chi connectivity index (χ1v) is 8.91. The molecule has 1 aliphatic heterocycles. The minimum absolute atomic E-state index is 0.157. The van der Waals surface area contributed by atoms with Crippen LogP contribution in [0.2, 0.25) is 0 Å². The zero-order valence-corrected chi connectivity index (χ0v) is 13.3. The maximum absolute atomic E-state index is 11.5. The lowest BCUT2D eigenvalue weighted by atomic mass is 9.97. The molecule has 0 bridgehead atoms. The molecule has 1 atom stereocenters. The SMILES string of the molecule is O=C1CCC(Nc2ncnc3sc4c(c23)CCCC4)CCN1. The van der Waals surface area contributed by atoms with E-state index in [9.17, 15) is 4.79 Å². The van der Waals surface area contributed by atoms with Crippen molar-refractivity contribution < 1.29 is 4.79 Å². The third kappa shape index (κ3) is 2.56. The molecule has 0 saturated carbocycles. The van der Waals surface area contributed by atoms with Gasteiger partial charge in [0.1, 0.15) is 17.0 Å². The molecule has 22 heavy (non-hydrogen) atoms. The Kier molecular flexibility index (Phi) is 3.70. The molecule has 0 spiro atoms. The second kappa shape index (κ2) is 5.83. The summed E-state index contributed by atoms with van der Waals surface area (Å²) in [6.45, 7) is 0.743.